The molecule has 1 fully saturated rings. The van der Waals surface area contributed by atoms with E-state index >= 15 is 0 Å². The molecular weight excluding hydrogens is 230 g/mol. The van der Waals surface area contributed by atoms with Gasteiger partial charge in [0.1, 0.15) is 0 Å². The summed E-state index contributed by atoms with van der Waals surface area (Å²) in [4.78, 5) is 14.1. The van der Waals surface area contributed by atoms with Crippen molar-refractivity contribution in [3.05, 3.63) is 18.0 Å². The maximum Gasteiger partial charge on any atom is 0.228 e. The first-order valence-corrected chi connectivity index (χ1v) is 6.42. The molecule has 0 bridgehead atoms. The lowest BCUT2D eigenvalue weighted by molar-refractivity contribution is -0.143. The van der Waals surface area contributed by atoms with Crippen LogP contribution in [0.4, 0.5) is 0 Å². The predicted octanol–water partition coefficient (Wildman–Crippen LogP) is 1.19. The fourth-order valence-corrected chi connectivity index (χ4v) is 2.44. The van der Waals surface area contributed by atoms with Gasteiger partial charge in [0.2, 0.25) is 5.91 Å². The topological polar surface area (TPSA) is 47.4 Å². The van der Waals surface area contributed by atoms with Crippen LogP contribution in [-0.2, 0) is 23.1 Å². The Morgan fingerprint density at radius 1 is 1.67 bits per heavy atom. The molecule has 1 saturated heterocycles. The third-order valence-corrected chi connectivity index (χ3v) is 3.48. The zero-order valence-electron chi connectivity index (χ0n) is 11.3. The number of ether oxygens (including phenoxy) is 1. The van der Waals surface area contributed by atoms with E-state index in [0.29, 0.717) is 6.54 Å². The zero-order valence-corrected chi connectivity index (χ0v) is 11.3. The number of rotatable bonds is 3. The Labute approximate surface area is 108 Å². The van der Waals surface area contributed by atoms with Gasteiger partial charge in [-0.1, -0.05) is 0 Å². The van der Waals surface area contributed by atoms with E-state index in [1.54, 1.807) is 15.8 Å². The van der Waals surface area contributed by atoms with Crippen molar-refractivity contribution in [1.82, 2.24) is 14.7 Å². The van der Waals surface area contributed by atoms with Gasteiger partial charge in [0.25, 0.3) is 0 Å². The van der Waals surface area contributed by atoms with Crippen molar-refractivity contribution in [2.45, 2.75) is 32.4 Å². The Balaban J connectivity index is 1.95. The highest BCUT2D eigenvalue weighted by atomic mass is 16.5. The molecule has 1 aromatic rings. The van der Waals surface area contributed by atoms with Crippen LogP contribution in [-0.4, -0.2) is 40.3 Å². The van der Waals surface area contributed by atoms with Crippen LogP contribution in [0.25, 0.3) is 0 Å². The van der Waals surface area contributed by atoms with Crippen LogP contribution in [0.15, 0.2) is 12.4 Å². The van der Waals surface area contributed by atoms with E-state index in [-0.39, 0.29) is 17.9 Å². The molecule has 0 aromatic carbocycles. The second kappa shape index (κ2) is 5.52. The molecule has 2 heterocycles. The summed E-state index contributed by atoms with van der Waals surface area (Å²) >= 11 is 0. The van der Waals surface area contributed by atoms with Crippen molar-refractivity contribution >= 4 is 5.91 Å². The molecule has 0 unspecified atom stereocenters. The van der Waals surface area contributed by atoms with Crippen molar-refractivity contribution in [3.8, 4) is 0 Å². The highest BCUT2D eigenvalue weighted by Crippen LogP contribution is 2.22. The second-order valence-corrected chi connectivity index (χ2v) is 5.04. The highest BCUT2D eigenvalue weighted by molar-refractivity contribution is 5.79. The van der Waals surface area contributed by atoms with Crippen LogP contribution >= 0.6 is 0 Å². The van der Waals surface area contributed by atoms with E-state index < -0.39 is 0 Å². The molecule has 0 saturated carbocycles. The van der Waals surface area contributed by atoms with Gasteiger partial charge in [-0.05, 0) is 19.8 Å². The highest BCUT2D eigenvalue weighted by Gasteiger charge is 2.30. The Hall–Kier alpha value is -1.36. The SMILES string of the molecule is C[C@H]1OCCC[C@@H]1C(=O)N(C)Cc1cnn(C)c1. The first kappa shape index (κ1) is 13.1. The van der Waals surface area contributed by atoms with Crippen LogP contribution in [0.5, 0.6) is 0 Å². The number of amides is 1. The smallest absolute Gasteiger partial charge is 0.228 e. The molecule has 1 aliphatic rings. The van der Waals surface area contributed by atoms with Gasteiger partial charge < -0.3 is 9.64 Å². The van der Waals surface area contributed by atoms with Crippen molar-refractivity contribution in [1.29, 1.82) is 0 Å². The zero-order chi connectivity index (χ0) is 13.1. The molecular formula is C13H21N3O2. The minimum atomic E-state index is 0.000390. The Kier molecular flexibility index (Phi) is 4.01. The molecule has 1 amide bonds. The lowest BCUT2D eigenvalue weighted by Crippen LogP contribution is -2.40. The minimum Gasteiger partial charge on any atom is -0.378 e. The van der Waals surface area contributed by atoms with Gasteiger partial charge >= 0.3 is 0 Å². The van der Waals surface area contributed by atoms with E-state index in [9.17, 15) is 4.79 Å². The number of carbonyl (C=O) groups is 1. The van der Waals surface area contributed by atoms with E-state index in [1.807, 2.05) is 27.2 Å². The predicted molar refractivity (Wildman–Crippen MR) is 67.8 cm³/mol. The van der Waals surface area contributed by atoms with Gasteiger partial charge in [-0.15, -0.1) is 0 Å². The van der Waals surface area contributed by atoms with Gasteiger partial charge in [-0.3, -0.25) is 9.48 Å². The summed E-state index contributed by atoms with van der Waals surface area (Å²) < 4.78 is 7.30. The molecule has 2 rings (SSSR count). The van der Waals surface area contributed by atoms with E-state index in [1.165, 1.54) is 0 Å². The summed E-state index contributed by atoms with van der Waals surface area (Å²) in [5.41, 5.74) is 1.05. The molecule has 0 spiro atoms. The van der Waals surface area contributed by atoms with Crippen LogP contribution in [0.3, 0.4) is 0 Å². The maximum atomic E-state index is 12.3. The molecule has 0 radical (unpaired) electrons. The molecule has 0 aliphatic carbocycles. The summed E-state index contributed by atoms with van der Waals surface area (Å²) in [7, 11) is 3.72. The average Bonchev–Trinajstić information content (AvgIpc) is 2.74. The molecule has 1 aliphatic heterocycles. The fraction of sp³-hybridized carbons (Fsp3) is 0.692. The maximum absolute atomic E-state index is 12.3. The fourth-order valence-electron chi connectivity index (χ4n) is 2.44. The Morgan fingerprint density at radius 3 is 3.06 bits per heavy atom. The summed E-state index contributed by atoms with van der Waals surface area (Å²) in [6.45, 7) is 3.37. The minimum absolute atomic E-state index is 0.000390. The molecule has 1 aromatic heterocycles. The van der Waals surface area contributed by atoms with Crippen molar-refractivity contribution in [3.63, 3.8) is 0 Å². The average molecular weight is 251 g/mol. The first-order valence-electron chi connectivity index (χ1n) is 6.42. The van der Waals surface area contributed by atoms with Crippen LogP contribution in [0, 0.1) is 5.92 Å². The standard InChI is InChI=1S/C13H21N3O2/c1-10-12(5-4-6-18-10)13(17)15(2)8-11-7-14-16(3)9-11/h7,9-10,12H,4-6,8H2,1-3H3/t10-,12+/m1/s1. The number of hydrogen-bond donors (Lipinski definition) is 0. The lowest BCUT2D eigenvalue weighted by atomic mass is 9.94. The van der Waals surface area contributed by atoms with Crippen LogP contribution < -0.4 is 0 Å². The largest absolute Gasteiger partial charge is 0.378 e. The molecule has 18 heavy (non-hydrogen) atoms. The van der Waals surface area contributed by atoms with E-state index in [2.05, 4.69) is 5.10 Å². The summed E-state index contributed by atoms with van der Waals surface area (Å²) in [6, 6.07) is 0. The van der Waals surface area contributed by atoms with Gasteiger partial charge in [0.15, 0.2) is 0 Å². The third kappa shape index (κ3) is 2.90. The van der Waals surface area contributed by atoms with Crippen molar-refractivity contribution in [2.24, 2.45) is 13.0 Å². The van der Waals surface area contributed by atoms with Gasteiger partial charge in [0.05, 0.1) is 18.2 Å². The molecule has 100 valence electrons. The van der Waals surface area contributed by atoms with Crippen molar-refractivity contribution < 1.29 is 9.53 Å². The number of hydrogen-bond acceptors (Lipinski definition) is 3. The lowest BCUT2D eigenvalue weighted by Gasteiger charge is -2.31. The first-order chi connectivity index (χ1) is 8.58. The van der Waals surface area contributed by atoms with E-state index in [0.717, 1.165) is 25.0 Å². The number of nitrogens with zero attached hydrogens (tertiary/aromatic N) is 3. The van der Waals surface area contributed by atoms with Gasteiger partial charge in [0, 0.05) is 39.0 Å². The van der Waals surface area contributed by atoms with Crippen LogP contribution in [0.2, 0.25) is 0 Å². The van der Waals surface area contributed by atoms with Crippen molar-refractivity contribution in [2.75, 3.05) is 13.7 Å². The number of aromatic nitrogens is 2. The monoisotopic (exact) mass is 251 g/mol. The summed E-state index contributed by atoms with van der Waals surface area (Å²) in [5.74, 6) is 0.173. The Morgan fingerprint density at radius 2 is 2.44 bits per heavy atom. The summed E-state index contributed by atoms with van der Waals surface area (Å²) in [5, 5.41) is 4.11. The second-order valence-electron chi connectivity index (χ2n) is 5.04. The quantitative estimate of drug-likeness (QED) is 0.811. The molecule has 5 heteroatoms. The summed E-state index contributed by atoms with van der Waals surface area (Å²) in [6.07, 6.45) is 5.66. The van der Waals surface area contributed by atoms with Gasteiger partial charge in [-0.2, -0.15) is 5.10 Å². The third-order valence-electron chi connectivity index (χ3n) is 3.48. The molecule has 0 N–H and O–H groups in total. The van der Waals surface area contributed by atoms with Crippen LogP contribution in [0.1, 0.15) is 25.3 Å². The molecule has 5 nitrogen and oxygen atoms in total. The normalized spacial score (nSPS) is 23.9. The van der Waals surface area contributed by atoms with Gasteiger partial charge in [-0.25, -0.2) is 0 Å². The number of aryl methyl sites for hydroxylation is 1. The number of carbonyl (C=O) groups excluding carboxylic acids is 1. The Bertz CT molecular complexity index is 416. The molecule has 2 atom stereocenters. The van der Waals surface area contributed by atoms with E-state index in [4.69, 9.17) is 4.74 Å².